The summed E-state index contributed by atoms with van der Waals surface area (Å²) in [4.78, 5) is 0. The van der Waals surface area contributed by atoms with Crippen LogP contribution in [-0.4, -0.2) is 24.5 Å². The Hall–Kier alpha value is -2.04. The van der Waals surface area contributed by atoms with E-state index in [1.807, 2.05) is 36.4 Å². The highest BCUT2D eigenvalue weighted by Gasteiger charge is 2.15. The van der Waals surface area contributed by atoms with Crippen molar-refractivity contribution in [1.82, 2.24) is 5.32 Å². The minimum absolute atomic E-state index is 0.0250. The van der Waals surface area contributed by atoms with Gasteiger partial charge in [0.1, 0.15) is 0 Å². The van der Waals surface area contributed by atoms with E-state index in [9.17, 15) is 5.11 Å². The third-order valence-electron chi connectivity index (χ3n) is 4.17. The fourth-order valence-electron chi connectivity index (χ4n) is 2.85. The summed E-state index contributed by atoms with van der Waals surface area (Å²) < 4.78 is 10.7. The van der Waals surface area contributed by atoms with Crippen LogP contribution in [0.2, 0.25) is 0 Å². The monoisotopic (exact) mass is 313 g/mol. The third-order valence-corrected chi connectivity index (χ3v) is 4.17. The number of fused-ring (bicyclic) bond motifs is 1. The number of ether oxygens (including phenoxy) is 2. The lowest BCUT2D eigenvalue weighted by molar-refractivity contribution is 0.174. The summed E-state index contributed by atoms with van der Waals surface area (Å²) in [6.07, 6.45) is 1.95. The predicted molar refractivity (Wildman–Crippen MR) is 89.8 cm³/mol. The molecule has 0 amide bonds. The molecule has 4 heteroatoms. The summed E-state index contributed by atoms with van der Waals surface area (Å²) in [7, 11) is 0. The molecule has 2 unspecified atom stereocenters. The molecule has 122 valence electrons. The maximum atomic E-state index is 9.63. The summed E-state index contributed by atoms with van der Waals surface area (Å²) >= 11 is 0. The lowest BCUT2D eigenvalue weighted by Gasteiger charge is -2.22. The molecule has 1 heterocycles. The van der Waals surface area contributed by atoms with Gasteiger partial charge in [0.2, 0.25) is 6.79 Å². The van der Waals surface area contributed by atoms with Crippen molar-refractivity contribution < 1.29 is 14.6 Å². The van der Waals surface area contributed by atoms with Crippen LogP contribution in [0.15, 0.2) is 48.5 Å². The number of rotatable bonds is 7. The Kier molecular flexibility index (Phi) is 5.16. The number of hydrogen-bond donors (Lipinski definition) is 2. The molecular formula is C19H23NO3. The van der Waals surface area contributed by atoms with Gasteiger partial charge in [0.15, 0.2) is 11.5 Å². The minimum Gasteiger partial charge on any atom is -0.454 e. The molecule has 0 aromatic heterocycles. The molecule has 2 aromatic carbocycles. The van der Waals surface area contributed by atoms with Crippen LogP contribution in [0.4, 0.5) is 0 Å². The first-order chi connectivity index (χ1) is 11.3. The van der Waals surface area contributed by atoms with Gasteiger partial charge in [-0.15, -0.1) is 0 Å². The summed E-state index contributed by atoms with van der Waals surface area (Å²) in [6.45, 7) is 2.56. The lowest BCUT2D eigenvalue weighted by atomic mass is 10.0. The smallest absolute Gasteiger partial charge is 0.231 e. The van der Waals surface area contributed by atoms with Crippen LogP contribution in [0.25, 0.3) is 0 Å². The number of hydrogen-bond acceptors (Lipinski definition) is 4. The normalized spacial score (nSPS) is 15.4. The van der Waals surface area contributed by atoms with Gasteiger partial charge in [0, 0.05) is 6.04 Å². The van der Waals surface area contributed by atoms with Crippen LogP contribution in [0.5, 0.6) is 11.5 Å². The van der Waals surface area contributed by atoms with Crippen LogP contribution >= 0.6 is 0 Å². The average Bonchev–Trinajstić information content (AvgIpc) is 3.06. The highest BCUT2D eigenvalue weighted by Crippen LogP contribution is 2.32. The van der Waals surface area contributed by atoms with Gasteiger partial charge in [-0.2, -0.15) is 0 Å². The highest BCUT2D eigenvalue weighted by atomic mass is 16.7. The Labute approximate surface area is 137 Å². The van der Waals surface area contributed by atoms with Gasteiger partial charge in [-0.3, -0.25) is 0 Å². The van der Waals surface area contributed by atoms with Gasteiger partial charge in [0.25, 0.3) is 0 Å². The van der Waals surface area contributed by atoms with Gasteiger partial charge >= 0.3 is 0 Å². The topological polar surface area (TPSA) is 50.7 Å². The Morgan fingerprint density at radius 1 is 1.09 bits per heavy atom. The van der Waals surface area contributed by atoms with E-state index in [4.69, 9.17) is 9.47 Å². The molecule has 0 bridgehead atoms. The van der Waals surface area contributed by atoms with Gasteiger partial charge < -0.3 is 19.9 Å². The van der Waals surface area contributed by atoms with E-state index < -0.39 is 0 Å². The summed E-state index contributed by atoms with van der Waals surface area (Å²) in [5.74, 6) is 1.66. The molecule has 2 atom stereocenters. The molecule has 3 rings (SSSR count). The third kappa shape index (κ3) is 4.03. The SMILES string of the molecule is CC(CCc1ccc2c(c1)OCO2)NC(CO)c1ccccc1. The van der Waals surface area contributed by atoms with Crippen molar-refractivity contribution in [2.45, 2.75) is 31.8 Å². The van der Waals surface area contributed by atoms with E-state index in [-0.39, 0.29) is 12.6 Å². The highest BCUT2D eigenvalue weighted by molar-refractivity contribution is 5.44. The van der Waals surface area contributed by atoms with Crippen molar-refractivity contribution in [2.24, 2.45) is 0 Å². The molecular weight excluding hydrogens is 290 g/mol. The van der Waals surface area contributed by atoms with Crippen LogP contribution in [0.1, 0.15) is 30.5 Å². The van der Waals surface area contributed by atoms with E-state index >= 15 is 0 Å². The number of benzene rings is 2. The molecule has 0 spiro atoms. The molecule has 2 aromatic rings. The standard InChI is InChI=1S/C19H23NO3/c1-14(20-17(12-21)16-5-3-2-4-6-16)7-8-15-9-10-18-19(11-15)23-13-22-18/h2-6,9-11,14,17,20-21H,7-8,12-13H2,1H3. The Morgan fingerprint density at radius 3 is 2.65 bits per heavy atom. The number of aliphatic hydroxyl groups excluding tert-OH is 1. The van der Waals surface area contributed by atoms with E-state index in [1.165, 1.54) is 5.56 Å². The molecule has 0 radical (unpaired) electrons. The Morgan fingerprint density at radius 2 is 1.87 bits per heavy atom. The molecule has 1 aliphatic rings. The quantitative estimate of drug-likeness (QED) is 0.825. The second-order valence-corrected chi connectivity index (χ2v) is 5.94. The molecule has 23 heavy (non-hydrogen) atoms. The van der Waals surface area contributed by atoms with Crippen molar-refractivity contribution in [2.75, 3.05) is 13.4 Å². The van der Waals surface area contributed by atoms with E-state index in [0.29, 0.717) is 12.8 Å². The average molecular weight is 313 g/mol. The van der Waals surface area contributed by atoms with Crippen LogP contribution in [0.3, 0.4) is 0 Å². The first-order valence-corrected chi connectivity index (χ1v) is 8.06. The number of nitrogens with one attached hydrogen (secondary N) is 1. The van der Waals surface area contributed by atoms with Gasteiger partial charge in [-0.05, 0) is 43.0 Å². The molecule has 0 fully saturated rings. The Bertz CT molecular complexity index is 630. The van der Waals surface area contributed by atoms with Crippen molar-refractivity contribution in [3.63, 3.8) is 0 Å². The fourth-order valence-corrected chi connectivity index (χ4v) is 2.85. The van der Waals surface area contributed by atoms with Crippen molar-refractivity contribution in [3.05, 3.63) is 59.7 Å². The van der Waals surface area contributed by atoms with Crippen LogP contribution in [0, 0.1) is 0 Å². The fraction of sp³-hybridized carbons (Fsp3) is 0.368. The zero-order valence-electron chi connectivity index (χ0n) is 13.4. The lowest BCUT2D eigenvalue weighted by Crippen LogP contribution is -2.33. The molecule has 1 aliphatic heterocycles. The number of aryl methyl sites for hydroxylation is 1. The second-order valence-electron chi connectivity index (χ2n) is 5.94. The van der Waals surface area contributed by atoms with Crippen molar-refractivity contribution in [3.8, 4) is 11.5 Å². The van der Waals surface area contributed by atoms with Crippen molar-refractivity contribution >= 4 is 0 Å². The maximum absolute atomic E-state index is 9.63. The van der Waals surface area contributed by atoms with E-state index in [0.717, 1.165) is 29.9 Å². The summed E-state index contributed by atoms with van der Waals surface area (Å²) in [6, 6.07) is 16.4. The number of aliphatic hydroxyl groups is 1. The first kappa shape index (κ1) is 15.8. The molecule has 2 N–H and O–H groups in total. The van der Waals surface area contributed by atoms with E-state index in [1.54, 1.807) is 0 Å². The Balaban J connectivity index is 1.53. The van der Waals surface area contributed by atoms with Gasteiger partial charge in [0.05, 0.1) is 12.6 Å². The molecule has 4 nitrogen and oxygen atoms in total. The zero-order valence-corrected chi connectivity index (χ0v) is 13.4. The van der Waals surface area contributed by atoms with E-state index in [2.05, 4.69) is 24.4 Å². The maximum Gasteiger partial charge on any atom is 0.231 e. The first-order valence-electron chi connectivity index (χ1n) is 8.06. The molecule has 0 saturated carbocycles. The van der Waals surface area contributed by atoms with Crippen LogP contribution in [-0.2, 0) is 6.42 Å². The minimum atomic E-state index is -0.0250. The van der Waals surface area contributed by atoms with Gasteiger partial charge in [-0.25, -0.2) is 0 Å². The summed E-state index contributed by atoms with van der Waals surface area (Å²) in [5.41, 5.74) is 2.35. The summed E-state index contributed by atoms with van der Waals surface area (Å²) in [5, 5.41) is 13.1. The molecule has 0 saturated heterocycles. The van der Waals surface area contributed by atoms with Crippen molar-refractivity contribution in [1.29, 1.82) is 0 Å². The van der Waals surface area contributed by atoms with Crippen LogP contribution < -0.4 is 14.8 Å². The molecule has 0 aliphatic carbocycles. The predicted octanol–water partition coefficient (Wildman–Crippen LogP) is 3.06. The van der Waals surface area contributed by atoms with Gasteiger partial charge in [-0.1, -0.05) is 36.4 Å². The largest absolute Gasteiger partial charge is 0.454 e. The zero-order chi connectivity index (χ0) is 16.1. The second kappa shape index (κ2) is 7.49.